The lowest BCUT2D eigenvalue weighted by atomic mass is 9.97. The van der Waals surface area contributed by atoms with E-state index in [4.69, 9.17) is 5.90 Å². The van der Waals surface area contributed by atoms with Gasteiger partial charge in [-0.05, 0) is 26.7 Å². The number of aromatic nitrogens is 1. The number of benzene rings is 3. The molecule has 1 aliphatic rings. The van der Waals surface area contributed by atoms with Crippen molar-refractivity contribution in [3.63, 3.8) is 0 Å². The van der Waals surface area contributed by atoms with Crippen molar-refractivity contribution in [2.24, 2.45) is 5.90 Å². The average Bonchev–Trinajstić information content (AvgIpc) is 3.03. The second-order valence-electron chi connectivity index (χ2n) is 7.21. The molecule has 1 aliphatic carbocycles. The molecular formula is C22H14N2O6S+. The Morgan fingerprint density at radius 1 is 0.839 bits per heavy atom. The van der Waals surface area contributed by atoms with Crippen molar-refractivity contribution in [2.45, 2.75) is 10.8 Å². The number of fused-ring (bicyclic) bond motifs is 4. The van der Waals surface area contributed by atoms with Crippen LogP contribution in [0.2, 0.25) is 0 Å². The van der Waals surface area contributed by atoms with Crippen molar-refractivity contribution >= 4 is 43.7 Å². The molecule has 8 nitrogen and oxygen atoms in total. The summed E-state index contributed by atoms with van der Waals surface area (Å²) in [6.45, 7) is 0. The fraction of sp³-hybridized carbons (Fsp3) is 0.0455. The van der Waals surface area contributed by atoms with E-state index in [9.17, 15) is 23.1 Å². The van der Waals surface area contributed by atoms with Gasteiger partial charge in [-0.2, -0.15) is 5.90 Å². The molecular weight excluding hydrogens is 420 g/mol. The lowest BCUT2D eigenvalue weighted by Crippen LogP contribution is -2.19. The summed E-state index contributed by atoms with van der Waals surface area (Å²) in [6.07, 6.45) is 0. The van der Waals surface area contributed by atoms with E-state index in [0.717, 1.165) is 6.07 Å². The van der Waals surface area contributed by atoms with Gasteiger partial charge in [0.15, 0.2) is 17.0 Å². The maximum absolute atomic E-state index is 12.8. The molecule has 9 heteroatoms. The number of hydrogen-bond acceptors (Lipinski definition) is 6. The third-order valence-corrected chi connectivity index (χ3v) is 6.60. The van der Waals surface area contributed by atoms with Gasteiger partial charge in [-0.25, -0.2) is 0 Å². The maximum Gasteiger partial charge on any atom is 0.447 e. The number of nitrogens with two attached hydrogens (primary N) is 1. The zero-order valence-corrected chi connectivity index (χ0v) is 16.6. The Bertz CT molecular complexity index is 1510. The van der Waals surface area contributed by atoms with E-state index in [0.29, 0.717) is 38.5 Å². The van der Waals surface area contributed by atoms with Crippen LogP contribution in [0.3, 0.4) is 0 Å². The van der Waals surface area contributed by atoms with Crippen LogP contribution in [-0.4, -0.2) is 16.6 Å². The number of Topliss-reactive ketones (excluding diaryl/α,β-unsaturated/α-hetero) is 2. The number of carbonyl (C=O) groups excluding carboxylic acids is 2. The number of carbonyl (C=O) groups is 2. The van der Waals surface area contributed by atoms with E-state index in [1.54, 1.807) is 48.5 Å². The first kappa shape index (κ1) is 19.5. The lowest BCUT2D eigenvalue weighted by molar-refractivity contribution is 0.0888. The number of ketones is 2. The smallest absolute Gasteiger partial charge is 0.357 e. The monoisotopic (exact) mass is 434 g/mol. The van der Waals surface area contributed by atoms with Gasteiger partial charge >= 0.3 is 10.5 Å². The molecule has 1 radical (unpaired) electrons. The van der Waals surface area contributed by atoms with Gasteiger partial charge in [0.05, 0.1) is 4.55 Å². The van der Waals surface area contributed by atoms with Crippen molar-refractivity contribution in [2.75, 3.05) is 0 Å². The quantitative estimate of drug-likeness (QED) is 0.220. The normalized spacial score (nSPS) is 16.1. The van der Waals surface area contributed by atoms with Crippen LogP contribution in [0.15, 0.2) is 70.4 Å². The molecule has 1 unspecified atom stereocenters. The molecule has 0 bridgehead atoms. The Morgan fingerprint density at radius 3 is 2.13 bits per heavy atom. The third-order valence-electron chi connectivity index (χ3n) is 5.53. The van der Waals surface area contributed by atoms with Gasteiger partial charge in [0, 0.05) is 50.6 Å². The van der Waals surface area contributed by atoms with Crippen LogP contribution in [0.25, 0.3) is 21.7 Å². The molecule has 1 heterocycles. The standard InChI is InChI=1S/C22H14N2O6S/c23-30-31(28,29)11-9-16-12-5-8-18(24-17(12)7-6-13(16)19(25)10-11)20-21(26)14-3-1-2-4-15(14)22(20)27/h1-10,20,24H,23H2/q+1. The maximum atomic E-state index is 12.8. The topological polar surface area (TPSA) is 139 Å². The van der Waals surface area contributed by atoms with Crippen LogP contribution in [-0.2, 0) is 23.5 Å². The zero-order valence-electron chi connectivity index (χ0n) is 15.8. The van der Waals surface area contributed by atoms with Crippen molar-refractivity contribution < 1.29 is 22.6 Å². The highest BCUT2D eigenvalue weighted by Crippen LogP contribution is 2.34. The minimum atomic E-state index is -4.27. The lowest BCUT2D eigenvalue weighted by Gasteiger charge is -2.11. The number of pyridine rings is 1. The number of hydrogen-bond donors (Lipinski definition) is 2. The van der Waals surface area contributed by atoms with Crippen LogP contribution in [0.4, 0.5) is 0 Å². The molecule has 1 aromatic heterocycles. The first-order chi connectivity index (χ1) is 14.8. The van der Waals surface area contributed by atoms with Gasteiger partial charge in [-0.15, -0.1) is 0 Å². The van der Waals surface area contributed by atoms with Crippen LogP contribution < -0.4 is 11.3 Å². The van der Waals surface area contributed by atoms with E-state index in [2.05, 4.69) is 9.27 Å². The van der Waals surface area contributed by atoms with E-state index in [-0.39, 0.29) is 16.5 Å². The second kappa shape index (κ2) is 6.76. The van der Waals surface area contributed by atoms with Crippen LogP contribution >= 0.6 is 0 Å². The van der Waals surface area contributed by atoms with Crippen molar-refractivity contribution in [1.29, 1.82) is 0 Å². The number of rotatable bonds is 3. The third kappa shape index (κ3) is 2.87. The summed E-state index contributed by atoms with van der Waals surface area (Å²) in [5.74, 6) is 3.29. The average molecular weight is 434 g/mol. The van der Waals surface area contributed by atoms with Gasteiger partial charge in [-0.1, -0.05) is 30.3 Å². The summed E-state index contributed by atoms with van der Waals surface area (Å²) in [6, 6.07) is 15.4. The largest absolute Gasteiger partial charge is 0.447 e. The summed E-state index contributed by atoms with van der Waals surface area (Å²) in [4.78, 5) is 40.8. The summed E-state index contributed by atoms with van der Waals surface area (Å²) in [5, 5.41) is 1.23. The van der Waals surface area contributed by atoms with Crippen LogP contribution in [0, 0.1) is 0 Å². The van der Waals surface area contributed by atoms with Crippen LogP contribution in [0.5, 0.6) is 0 Å². The first-order valence-corrected chi connectivity index (χ1v) is 10.6. The highest BCUT2D eigenvalue weighted by atomic mass is 32.3. The minimum absolute atomic E-state index is 0.285. The number of H-pyrrole nitrogens is 1. The molecule has 5 rings (SSSR count). The van der Waals surface area contributed by atoms with E-state index >= 15 is 0 Å². The highest BCUT2D eigenvalue weighted by Gasteiger charge is 2.40. The van der Waals surface area contributed by atoms with Gasteiger partial charge in [-0.3, -0.25) is 14.4 Å². The predicted molar refractivity (Wildman–Crippen MR) is 112 cm³/mol. The molecule has 31 heavy (non-hydrogen) atoms. The Hall–Kier alpha value is -3.50. The summed E-state index contributed by atoms with van der Waals surface area (Å²) in [5.41, 5.74) is 1.21. The van der Waals surface area contributed by atoms with Gasteiger partial charge in [0.25, 0.3) is 0 Å². The first-order valence-electron chi connectivity index (χ1n) is 9.22. The Balaban J connectivity index is 1.69. The Labute approximate surface area is 176 Å². The fourth-order valence-corrected chi connectivity index (χ4v) is 4.67. The molecule has 0 saturated heterocycles. The van der Waals surface area contributed by atoms with Gasteiger partial charge in [0.1, 0.15) is 5.92 Å². The molecule has 0 saturated carbocycles. The molecule has 0 fully saturated rings. The van der Waals surface area contributed by atoms with Crippen LogP contribution in [0.1, 0.15) is 32.3 Å². The molecule has 3 aromatic carbocycles. The molecule has 0 amide bonds. The Morgan fingerprint density at radius 2 is 1.48 bits per heavy atom. The molecule has 0 spiro atoms. The summed E-state index contributed by atoms with van der Waals surface area (Å²) < 4.78 is 28.0. The van der Waals surface area contributed by atoms with Crippen molar-refractivity contribution in [1.82, 2.24) is 4.98 Å². The molecule has 1 atom stereocenters. The minimum Gasteiger partial charge on any atom is -0.357 e. The van der Waals surface area contributed by atoms with Gasteiger partial charge < -0.3 is 4.98 Å². The zero-order chi connectivity index (χ0) is 21.9. The Kier molecular flexibility index (Phi) is 4.24. The van der Waals surface area contributed by atoms with E-state index < -0.39 is 21.8 Å². The number of nitrogens with one attached hydrogen (secondary N) is 1. The second-order valence-corrected chi connectivity index (χ2v) is 8.79. The van der Waals surface area contributed by atoms with Crippen molar-refractivity contribution in [3.8, 4) is 0 Å². The van der Waals surface area contributed by atoms with Crippen molar-refractivity contribution in [3.05, 3.63) is 87.7 Å². The summed E-state index contributed by atoms with van der Waals surface area (Å²) in [7, 11) is -4.27. The summed E-state index contributed by atoms with van der Waals surface area (Å²) >= 11 is 0. The van der Waals surface area contributed by atoms with E-state index in [1.165, 1.54) is 6.07 Å². The van der Waals surface area contributed by atoms with Gasteiger partial charge in [0.2, 0.25) is 4.90 Å². The fourth-order valence-electron chi connectivity index (χ4n) is 4.05. The SMILES string of the molecule is NO[S+]([O])(=O)c1cc(=O)c2ccc3[nH]c(C4C(=O)c5ccccc5C4=O)ccc3c2c1. The highest BCUT2D eigenvalue weighted by molar-refractivity contribution is 7.93. The van der Waals surface area contributed by atoms with E-state index in [1.807, 2.05) is 0 Å². The number of aromatic amines is 1. The molecule has 0 aliphatic heterocycles. The molecule has 4 aromatic rings. The molecule has 3 N–H and O–H groups in total. The molecule has 153 valence electrons. The predicted octanol–water partition coefficient (Wildman–Crippen LogP) is 2.85.